The summed E-state index contributed by atoms with van der Waals surface area (Å²) in [7, 11) is 0. The fraction of sp³-hybridized carbons (Fsp3) is 0.280. The van der Waals surface area contributed by atoms with Gasteiger partial charge in [-0.15, -0.1) is 0 Å². The van der Waals surface area contributed by atoms with E-state index < -0.39 is 5.97 Å². The number of hydrogen-bond donors (Lipinski definition) is 0. The Morgan fingerprint density at radius 2 is 1.91 bits per heavy atom. The van der Waals surface area contributed by atoms with Crippen molar-refractivity contribution in [2.75, 3.05) is 13.2 Å². The number of carbonyl (C=O) groups excluding carboxylic acids is 2. The second kappa shape index (κ2) is 10.2. The summed E-state index contributed by atoms with van der Waals surface area (Å²) in [6.45, 7) is 5.98. The lowest BCUT2D eigenvalue weighted by Crippen LogP contribution is -2.15. The zero-order valence-corrected chi connectivity index (χ0v) is 19.2. The van der Waals surface area contributed by atoms with Crippen molar-refractivity contribution < 1.29 is 28.0 Å². The van der Waals surface area contributed by atoms with Crippen LogP contribution in [0, 0.1) is 13.8 Å². The Morgan fingerprint density at radius 1 is 1.12 bits per heavy atom. The molecule has 4 rings (SSSR count). The van der Waals surface area contributed by atoms with Gasteiger partial charge in [0.05, 0.1) is 19.3 Å². The van der Waals surface area contributed by atoms with Crippen molar-refractivity contribution in [3.05, 3.63) is 71.6 Å². The molecule has 9 nitrogen and oxygen atoms in total. The van der Waals surface area contributed by atoms with Crippen LogP contribution in [0.25, 0.3) is 17.3 Å². The van der Waals surface area contributed by atoms with Gasteiger partial charge >= 0.3 is 5.97 Å². The van der Waals surface area contributed by atoms with Gasteiger partial charge in [0, 0.05) is 29.1 Å². The molecule has 0 unspecified atom stereocenters. The highest BCUT2D eigenvalue weighted by Crippen LogP contribution is 2.23. The molecule has 34 heavy (non-hydrogen) atoms. The fourth-order valence-electron chi connectivity index (χ4n) is 3.67. The molecule has 176 valence electrons. The van der Waals surface area contributed by atoms with E-state index in [2.05, 4.69) is 10.1 Å². The van der Waals surface area contributed by atoms with Crippen molar-refractivity contribution in [3.8, 4) is 23.0 Å². The highest BCUT2D eigenvalue weighted by atomic mass is 16.5. The van der Waals surface area contributed by atoms with Crippen molar-refractivity contribution >= 4 is 11.8 Å². The average Bonchev–Trinajstić information content (AvgIpc) is 3.58. The average molecular weight is 463 g/mol. The first-order chi connectivity index (χ1) is 16.5. The molecule has 0 saturated carbocycles. The summed E-state index contributed by atoms with van der Waals surface area (Å²) in [5, 5.41) is 3.81. The van der Waals surface area contributed by atoms with E-state index in [-0.39, 0.29) is 31.1 Å². The third-order valence-electron chi connectivity index (χ3n) is 5.25. The molecule has 0 amide bonds. The lowest BCUT2D eigenvalue weighted by Gasteiger charge is -2.11. The number of furan rings is 1. The number of Topliss-reactive ketones (excluding diaryl/α,β-unsaturated/α-hetero) is 1. The molecule has 0 N–H and O–H groups in total. The Hall–Kier alpha value is -4.14. The fourth-order valence-corrected chi connectivity index (χ4v) is 3.67. The number of esters is 1. The van der Waals surface area contributed by atoms with E-state index in [0.717, 1.165) is 22.8 Å². The van der Waals surface area contributed by atoms with E-state index in [0.29, 0.717) is 23.8 Å². The van der Waals surface area contributed by atoms with E-state index in [1.54, 1.807) is 18.2 Å². The normalized spacial score (nSPS) is 10.9. The van der Waals surface area contributed by atoms with Gasteiger partial charge in [0.1, 0.15) is 5.75 Å². The van der Waals surface area contributed by atoms with Gasteiger partial charge in [-0.05, 0) is 63.2 Å². The maximum atomic E-state index is 12.8. The lowest BCUT2D eigenvalue weighted by molar-refractivity contribution is -0.142. The number of hydrogen-bond acceptors (Lipinski definition) is 8. The van der Waals surface area contributed by atoms with Crippen molar-refractivity contribution in [3.63, 3.8) is 0 Å². The molecule has 4 aromatic rings. The third kappa shape index (κ3) is 5.09. The van der Waals surface area contributed by atoms with Crippen LogP contribution in [0.5, 0.6) is 5.75 Å². The number of nitrogens with zero attached hydrogens (tertiary/aromatic N) is 3. The van der Waals surface area contributed by atoms with Crippen LogP contribution >= 0.6 is 0 Å². The molecular formula is C25H25N3O6. The number of ether oxygens (including phenoxy) is 2. The Bertz CT molecular complexity index is 1270. The molecule has 1 aromatic carbocycles. The molecule has 3 heterocycles. The highest BCUT2D eigenvalue weighted by Gasteiger charge is 2.19. The molecule has 0 atom stereocenters. The quantitative estimate of drug-likeness (QED) is 0.250. The standard InChI is InChI=1S/C25H25N3O6/c1-4-31-19-9-7-18(8-10-19)28-16(2)14-20(17(28)3)21(29)15-33-24(30)12-11-23-26-25(27-34-23)22-6-5-13-32-22/h5-10,13-14H,4,11-12,15H2,1-3H3. The molecule has 0 aliphatic heterocycles. The Balaban J connectivity index is 1.33. The number of benzene rings is 1. The van der Waals surface area contributed by atoms with Gasteiger partial charge < -0.3 is 23.0 Å². The minimum Gasteiger partial charge on any atom is -0.494 e. The van der Waals surface area contributed by atoms with Gasteiger partial charge in [0.2, 0.25) is 17.5 Å². The molecule has 3 aromatic heterocycles. The van der Waals surface area contributed by atoms with Gasteiger partial charge in [-0.25, -0.2) is 0 Å². The zero-order valence-electron chi connectivity index (χ0n) is 19.2. The Labute approximate surface area is 196 Å². The van der Waals surface area contributed by atoms with E-state index in [1.165, 1.54) is 6.26 Å². The first-order valence-corrected chi connectivity index (χ1v) is 10.9. The largest absolute Gasteiger partial charge is 0.494 e. The maximum absolute atomic E-state index is 12.8. The van der Waals surface area contributed by atoms with Crippen LogP contribution in [0.1, 0.15) is 41.0 Å². The second-order valence-corrected chi connectivity index (χ2v) is 7.62. The first-order valence-electron chi connectivity index (χ1n) is 10.9. The molecular weight excluding hydrogens is 438 g/mol. The summed E-state index contributed by atoms with van der Waals surface area (Å²) in [5.41, 5.74) is 3.11. The minimum absolute atomic E-state index is 0.0122. The van der Waals surface area contributed by atoms with E-state index in [1.807, 2.05) is 49.6 Å². The Morgan fingerprint density at radius 3 is 2.62 bits per heavy atom. The molecule has 0 radical (unpaired) electrons. The van der Waals surface area contributed by atoms with Crippen LogP contribution in [0.3, 0.4) is 0 Å². The van der Waals surface area contributed by atoms with Crippen molar-refractivity contribution in [1.82, 2.24) is 14.7 Å². The van der Waals surface area contributed by atoms with Crippen LogP contribution in [0.15, 0.2) is 57.7 Å². The van der Waals surface area contributed by atoms with Gasteiger partial charge in [0.15, 0.2) is 12.4 Å². The van der Waals surface area contributed by atoms with Gasteiger partial charge in [-0.1, -0.05) is 5.16 Å². The van der Waals surface area contributed by atoms with Crippen LogP contribution in [-0.2, 0) is 16.0 Å². The molecule has 9 heteroatoms. The van der Waals surface area contributed by atoms with Gasteiger partial charge in [0.25, 0.3) is 0 Å². The molecule has 0 fully saturated rings. The van der Waals surface area contributed by atoms with Crippen LogP contribution in [0.2, 0.25) is 0 Å². The minimum atomic E-state index is -0.522. The van der Waals surface area contributed by atoms with Crippen molar-refractivity contribution in [1.29, 1.82) is 0 Å². The summed E-state index contributed by atoms with van der Waals surface area (Å²) in [6, 6.07) is 12.9. The van der Waals surface area contributed by atoms with Crippen LogP contribution < -0.4 is 4.74 Å². The van der Waals surface area contributed by atoms with Gasteiger partial charge in [-0.3, -0.25) is 9.59 Å². The monoisotopic (exact) mass is 463 g/mol. The number of aryl methyl sites for hydroxylation is 2. The van der Waals surface area contributed by atoms with Crippen molar-refractivity contribution in [2.45, 2.75) is 33.6 Å². The summed E-state index contributed by atoms with van der Waals surface area (Å²) in [4.78, 5) is 29.1. The Kier molecular flexibility index (Phi) is 6.91. The summed E-state index contributed by atoms with van der Waals surface area (Å²) in [5.74, 6) is 1.07. The SMILES string of the molecule is CCOc1ccc(-n2c(C)cc(C(=O)COC(=O)CCc3nc(-c4ccco4)no3)c2C)cc1. The number of rotatable bonds is 10. The molecule has 0 spiro atoms. The predicted octanol–water partition coefficient (Wildman–Crippen LogP) is 4.49. The topological polar surface area (TPSA) is 110 Å². The first kappa shape index (κ1) is 23.0. The zero-order chi connectivity index (χ0) is 24.1. The molecule has 0 saturated heterocycles. The molecule has 0 aliphatic carbocycles. The summed E-state index contributed by atoms with van der Waals surface area (Å²) >= 11 is 0. The summed E-state index contributed by atoms with van der Waals surface area (Å²) in [6.07, 6.45) is 1.72. The number of carbonyl (C=O) groups is 2. The van der Waals surface area contributed by atoms with Crippen LogP contribution in [0.4, 0.5) is 0 Å². The number of aromatic nitrogens is 3. The summed E-state index contributed by atoms with van der Waals surface area (Å²) < 4.78 is 23.0. The highest BCUT2D eigenvalue weighted by molar-refractivity contribution is 5.99. The van der Waals surface area contributed by atoms with E-state index in [9.17, 15) is 9.59 Å². The van der Waals surface area contributed by atoms with Gasteiger partial charge in [-0.2, -0.15) is 4.98 Å². The number of ketones is 1. The second-order valence-electron chi connectivity index (χ2n) is 7.62. The molecule has 0 aliphatic rings. The van der Waals surface area contributed by atoms with E-state index in [4.69, 9.17) is 18.4 Å². The smallest absolute Gasteiger partial charge is 0.306 e. The predicted molar refractivity (Wildman–Crippen MR) is 122 cm³/mol. The lowest BCUT2D eigenvalue weighted by atomic mass is 10.1. The van der Waals surface area contributed by atoms with Crippen molar-refractivity contribution in [2.24, 2.45) is 0 Å². The third-order valence-corrected chi connectivity index (χ3v) is 5.25. The van der Waals surface area contributed by atoms with Crippen LogP contribution in [-0.4, -0.2) is 39.7 Å². The maximum Gasteiger partial charge on any atom is 0.306 e. The molecule has 0 bridgehead atoms. The van der Waals surface area contributed by atoms with E-state index >= 15 is 0 Å².